The number of likely N-dealkylation sites (tertiary alicyclic amines) is 1. The van der Waals surface area contributed by atoms with Crippen molar-refractivity contribution in [2.45, 2.75) is 25.8 Å². The Morgan fingerprint density at radius 2 is 2.25 bits per heavy atom. The summed E-state index contributed by atoms with van der Waals surface area (Å²) in [5.74, 6) is -0.175. The van der Waals surface area contributed by atoms with Crippen molar-refractivity contribution in [3.8, 4) is 5.69 Å². The molecule has 1 saturated heterocycles. The molecule has 3 rings (SSSR count). The van der Waals surface area contributed by atoms with Crippen LogP contribution in [-0.2, 0) is 4.79 Å². The summed E-state index contributed by atoms with van der Waals surface area (Å²) in [5, 5.41) is 16.4. The summed E-state index contributed by atoms with van der Waals surface area (Å²) < 4.78 is 15.4. The number of aromatic nitrogens is 2. The van der Waals surface area contributed by atoms with E-state index in [1.807, 2.05) is 4.90 Å². The van der Waals surface area contributed by atoms with Crippen LogP contribution in [0.25, 0.3) is 5.69 Å². The fourth-order valence-electron chi connectivity index (χ4n) is 3.07. The van der Waals surface area contributed by atoms with Crippen molar-refractivity contribution in [3.05, 3.63) is 41.8 Å². The van der Waals surface area contributed by atoms with Gasteiger partial charge in [0.1, 0.15) is 17.3 Å². The zero-order valence-corrected chi connectivity index (χ0v) is 13.6. The highest BCUT2D eigenvalue weighted by atomic mass is 19.1. The molecule has 24 heavy (non-hydrogen) atoms. The van der Waals surface area contributed by atoms with E-state index in [0.717, 1.165) is 19.4 Å². The van der Waals surface area contributed by atoms with Crippen LogP contribution in [-0.4, -0.2) is 51.4 Å². The molecule has 2 aromatic rings. The zero-order chi connectivity index (χ0) is 17.1. The van der Waals surface area contributed by atoms with Crippen molar-refractivity contribution in [2.75, 3.05) is 25.0 Å². The van der Waals surface area contributed by atoms with E-state index in [-0.39, 0.29) is 30.8 Å². The molecule has 2 heterocycles. The number of benzene rings is 1. The Morgan fingerprint density at radius 3 is 3.00 bits per heavy atom. The van der Waals surface area contributed by atoms with Gasteiger partial charge in [-0.05, 0) is 38.4 Å². The Kier molecular flexibility index (Phi) is 4.92. The number of hydrogen-bond acceptors (Lipinski definition) is 4. The van der Waals surface area contributed by atoms with Gasteiger partial charge < -0.3 is 10.4 Å². The van der Waals surface area contributed by atoms with Gasteiger partial charge in [-0.1, -0.05) is 12.1 Å². The molecule has 1 amide bonds. The molecular formula is C17H21FN4O2. The van der Waals surface area contributed by atoms with Crippen LogP contribution in [0.2, 0.25) is 0 Å². The average molecular weight is 332 g/mol. The number of nitrogens with zero attached hydrogens (tertiary/aromatic N) is 3. The molecule has 128 valence electrons. The number of para-hydroxylation sites is 1. The molecule has 0 unspecified atom stereocenters. The van der Waals surface area contributed by atoms with E-state index in [4.69, 9.17) is 0 Å². The van der Waals surface area contributed by atoms with Crippen LogP contribution in [0.1, 0.15) is 18.5 Å². The molecule has 0 saturated carbocycles. The Bertz CT molecular complexity index is 731. The lowest BCUT2D eigenvalue weighted by molar-refractivity contribution is -0.117. The Labute approximate surface area is 139 Å². The van der Waals surface area contributed by atoms with Crippen molar-refractivity contribution in [3.63, 3.8) is 0 Å². The summed E-state index contributed by atoms with van der Waals surface area (Å²) in [7, 11) is 0. The average Bonchev–Trinajstić information content (AvgIpc) is 3.14. The minimum atomic E-state index is -0.406. The van der Waals surface area contributed by atoms with Crippen LogP contribution in [0, 0.1) is 12.7 Å². The molecule has 1 aromatic heterocycles. The van der Waals surface area contributed by atoms with E-state index in [2.05, 4.69) is 10.4 Å². The van der Waals surface area contributed by atoms with Crippen LogP contribution in [0.4, 0.5) is 10.2 Å². The van der Waals surface area contributed by atoms with Gasteiger partial charge in [0.25, 0.3) is 0 Å². The van der Waals surface area contributed by atoms with Crippen LogP contribution in [0.5, 0.6) is 0 Å². The monoisotopic (exact) mass is 332 g/mol. The van der Waals surface area contributed by atoms with E-state index in [1.54, 1.807) is 31.2 Å². The van der Waals surface area contributed by atoms with Gasteiger partial charge in [-0.25, -0.2) is 9.07 Å². The van der Waals surface area contributed by atoms with E-state index in [0.29, 0.717) is 11.5 Å². The number of carbonyl (C=O) groups excluding carboxylic acids is 1. The summed E-state index contributed by atoms with van der Waals surface area (Å²) in [6.07, 6.45) is 1.88. The second kappa shape index (κ2) is 7.11. The number of anilines is 1. The molecule has 1 atom stereocenters. The van der Waals surface area contributed by atoms with Gasteiger partial charge in [0.2, 0.25) is 5.91 Å². The number of nitrogens with one attached hydrogen (secondary N) is 1. The van der Waals surface area contributed by atoms with Crippen molar-refractivity contribution in [1.29, 1.82) is 0 Å². The fraction of sp³-hybridized carbons (Fsp3) is 0.412. The smallest absolute Gasteiger partial charge is 0.239 e. The summed E-state index contributed by atoms with van der Waals surface area (Å²) in [4.78, 5) is 14.3. The molecule has 0 bridgehead atoms. The molecule has 6 nitrogen and oxygen atoms in total. The SMILES string of the molecule is Cc1cc(NC(=O)CN2CCC[C@@H]2CO)n(-c2ccccc2F)n1. The van der Waals surface area contributed by atoms with Gasteiger partial charge in [-0.2, -0.15) is 5.10 Å². The molecule has 2 N–H and O–H groups in total. The van der Waals surface area contributed by atoms with Crippen LogP contribution in [0.3, 0.4) is 0 Å². The first kappa shape index (κ1) is 16.6. The van der Waals surface area contributed by atoms with E-state index in [1.165, 1.54) is 10.7 Å². The summed E-state index contributed by atoms with van der Waals surface area (Å²) in [6.45, 7) is 2.84. The third-order valence-corrected chi connectivity index (χ3v) is 4.24. The van der Waals surface area contributed by atoms with E-state index < -0.39 is 5.82 Å². The molecule has 7 heteroatoms. The quantitative estimate of drug-likeness (QED) is 0.875. The second-order valence-corrected chi connectivity index (χ2v) is 6.03. The first-order valence-electron chi connectivity index (χ1n) is 8.05. The molecule has 0 spiro atoms. The van der Waals surface area contributed by atoms with Crippen molar-refractivity contribution in [1.82, 2.24) is 14.7 Å². The maximum absolute atomic E-state index is 14.0. The third kappa shape index (κ3) is 3.47. The molecule has 1 aliphatic heterocycles. The number of halogens is 1. The summed E-state index contributed by atoms with van der Waals surface area (Å²) in [6, 6.07) is 8.03. The van der Waals surface area contributed by atoms with Gasteiger partial charge in [0.15, 0.2) is 0 Å². The minimum absolute atomic E-state index is 0.0361. The van der Waals surface area contributed by atoms with Gasteiger partial charge in [0, 0.05) is 12.1 Å². The van der Waals surface area contributed by atoms with E-state index >= 15 is 0 Å². The number of carbonyl (C=O) groups is 1. The zero-order valence-electron chi connectivity index (χ0n) is 13.6. The lowest BCUT2D eigenvalue weighted by Crippen LogP contribution is -2.38. The topological polar surface area (TPSA) is 70.4 Å². The molecular weight excluding hydrogens is 311 g/mol. The molecule has 0 radical (unpaired) electrons. The first-order valence-corrected chi connectivity index (χ1v) is 8.05. The standard InChI is InChI=1S/C17H21FN4O2/c1-12-9-16(22(20-12)15-7-3-2-6-14(15)18)19-17(24)10-21-8-4-5-13(21)11-23/h2-3,6-7,9,13,23H,4-5,8,10-11H2,1H3,(H,19,24)/t13-/m1/s1. The lowest BCUT2D eigenvalue weighted by Gasteiger charge is -2.21. The fourth-order valence-corrected chi connectivity index (χ4v) is 3.07. The predicted molar refractivity (Wildman–Crippen MR) is 88.6 cm³/mol. The predicted octanol–water partition coefficient (Wildman–Crippen LogP) is 1.72. The highest BCUT2D eigenvalue weighted by Crippen LogP contribution is 2.20. The minimum Gasteiger partial charge on any atom is -0.395 e. The van der Waals surface area contributed by atoms with Crippen molar-refractivity contribution < 1.29 is 14.3 Å². The Morgan fingerprint density at radius 1 is 1.46 bits per heavy atom. The number of aliphatic hydroxyl groups excluding tert-OH is 1. The van der Waals surface area contributed by atoms with Gasteiger partial charge >= 0.3 is 0 Å². The maximum Gasteiger partial charge on any atom is 0.239 e. The van der Waals surface area contributed by atoms with Crippen LogP contribution >= 0.6 is 0 Å². The van der Waals surface area contributed by atoms with Gasteiger partial charge in [-0.15, -0.1) is 0 Å². The number of aliphatic hydroxyl groups is 1. The second-order valence-electron chi connectivity index (χ2n) is 6.03. The molecule has 0 aliphatic carbocycles. The number of rotatable bonds is 5. The Balaban J connectivity index is 1.76. The normalized spacial score (nSPS) is 18.0. The summed E-state index contributed by atoms with van der Waals surface area (Å²) >= 11 is 0. The van der Waals surface area contributed by atoms with Crippen LogP contribution < -0.4 is 5.32 Å². The molecule has 1 aliphatic rings. The largest absolute Gasteiger partial charge is 0.395 e. The van der Waals surface area contributed by atoms with Gasteiger partial charge in [-0.3, -0.25) is 9.69 Å². The summed E-state index contributed by atoms with van der Waals surface area (Å²) in [5.41, 5.74) is 0.971. The number of hydrogen-bond donors (Lipinski definition) is 2. The maximum atomic E-state index is 14.0. The lowest BCUT2D eigenvalue weighted by atomic mass is 10.2. The van der Waals surface area contributed by atoms with E-state index in [9.17, 15) is 14.3 Å². The van der Waals surface area contributed by atoms with Gasteiger partial charge in [0.05, 0.1) is 18.8 Å². The third-order valence-electron chi connectivity index (χ3n) is 4.24. The highest BCUT2D eigenvalue weighted by Gasteiger charge is 2.26. The van der Waals surface area contributed by atoms with Crippen molar-refractivity contribution >= 4 is 11.7 Å². The highest BCUT2D eigenvalue weighted by molar-refractivity contribution is 5.91. The first-order chi connectivity index (χ1) is 11.6. The number of amides is 1. The van der Waals surface area contributed by atoms with Crippen LogP contribution in [0.15, 0.2) is 30.3 Å². The number of aryl methyl sites for hydroxylation is 1. The van der Waals surface area contributed by atoms with Crippen molar-refractivity contribution in [2.24, 2.45) is 0 Å². The molecule has 1 fully saturated rings. The Hall–Kier alpha value is -2.25. The molecule has 1 aromatic carbocycles.